The highest BCUT2D eigenvalue weighted by Crippen LogP contribution is 2.14. The quantitative estimate of drug-likeness (QED) is 0.761. The molecule has 16 heavy (non-hydrogen) atoms. The van der Waals surface area contributed by atoms with E-state index in [1.807, 2.05) is 6.92 Å². The van der Waals surface area contributed by atoms with Crippen LogP contribution in [-0.4, -0.2) is 42.3 Å². The van der Waals surface area contributed by atoms with Crippen molar-refractivity contribution in [2.24, 2.45) is 5.73 Å². The Balaban J connectivity index is 3.01. The standard InChI is InChI=1S/C9H18N4O2S/c1-4-8-11-6-9(12-8)16(14,15)13(3)7(2)5-10/h6-7H,4-5,10H2,1-3H3,(H,11,12). The summed E-state index contributed by atoms with van der Waals surface area (Å²) in [5, 5.41) is 0.118. The van der Waals surface area contributed by atoms with Crippen LogP contribution in [0.25, 0.3) is 0 Å². The molecule has 0 fully saturated rings. The predicted octanol–water partition coefficient (Wildman–Crippen LogP) is -0.0602. The van der Waals surface area contributed by atoms with Crippen molar-refractivity contribution in [3.63, 3.8) is 0 Å². The average Bonchev–Trinajstić information content (AvgIpc) is 2.75. The van der Waals surface area contributed by atoms with Crippen LogP contribution in [-0.2, 0) is 16.4 Å². The van der Waals surface area contributed by atoms with Gasteiger partial charge in [0.05, 0.1) is 6.20 Å². The van der Waals surface area contributed by atoms with E-state index in [9.17, 15) is 8.42 Å². The third-order valence-electron chi connectivity index (χ3n) is 2.56. The zero-order valence-corrected chi connectivity index (χ0v) is 10.6. The minimum atomic E-state index is -3.50. The Morgan fingerprint density at radius 3 is 2.69 bits per heavy atom. The molecule has 0 bridgehead atoms. The molecular formula is C9H18N4O2S. The van der Waals surface area contributed by atoms with Gasteiger partial charge in [0, 0.05) is 26.1 Å². The van der Waals surface area contributed by atoms with Crippen molar-refractivity contribution < 1.29 is 8.42 Å². The maximum Gasteiger partial charge on any atom is 0.260 e. The molecule has 92 valence electrons. The molecule has 0 amide bonds. The van der Waals surface area contributed by atoms with Gasteiger partial charge < -0.3 is 10.7 Å². The molecule has 1 aromatic rings. The van der Waals surface area contributed by atoms with E-state index in [2.05, 4.69) is 9.97 Å². The second-order valence-corrected chi connectivity index (χ2v) is 5.62. The number of aryl methyl sites for hydroxylation is 1. The van der Waals surface area contributed by atoms with Gasteiger partial charge in [-0.3, -0.25) is 0 Å². The topological polar surface area (TPSA) is 92.1 Å². The molecule has 1 aromatic heterocycles. The second kappa shape index (κ2) is 4.94. The monoisotopic (exact) mass is 246 g/mol. The lowest BCUT2D eigenvalue weighted by molar-refractivity contribution is 0.393. The fourth-order valence-electron chi connectivity index (χ4n) is 1.19. The van der Waals surface area contributed by atoms with E-state index in [0.717, 1.165) is 0 Å². The summed E-state index contributed by atoms with van der Waals surface area (Å²) in [6.07, 6.45) is 2.01. The summed E-state index contributed by atoms with van der Waals surface area (Å²) in [4.78, 5) is 6.76. The molecule has 1 atom stereocenters. The lowest BCUT2D eigenvalue weighted by Gasteiger charge is -2.21. The number of hydrogen-bond acceptors (Lipinski definition) is 4. The summed E-state index contributed by atoms with van der Waals surface area (Å²) >= 11 is 0. The highest BCUT2D eigenvalue weighted by molar-refractivity contribution is 7.89. The van der Waals surface area contributed by atoms with Gasteiger partial charge in [0.25, 0.3) is 10.0 Å². The minimum absolute atomic E-state index is 0.118. The van der Waals surface area contributed by atoms with Gasteiger partial charge in [-0.15, -0.1) is 0 Å². The number of imidazole rings is 1. The van der Waals surface area contributed by atoms with Crippen LogP contribution in [0.4, 0.5) is 0 Å². The molecule has 6 nitrogen and oxygen atoms in total. The number of nitrogens with two attached hydrogens (primary N) is 1. The van der Waals surface area contributed by atoms with Crippen molar-refractivity contribution in [2.45, 2.75) is 31.3 Å². The van der Waals surface area contributed by atoms with E-state index >= 15 is 0 Å². The minimum Gasteiger partial charge on any atom is -0.332 e. The Morgan fingerprint density at radius 2 is 2.25 bits per heavy atom. The number of H-pyrrole nitrogens is 1. The largest absolute Gasteiger partial charge is 0.332 e. The normalized spacial score (nSPS) is 14.3. The summed E-state index contributed by atoms with van der Waals surface area (Å²) in [6, 6.07) is -0.238. The first-order valence-corrected chi connectivity index (χ1v) is 6.59. The maximum atomic E-state index is 12.1. The molecule has 1 heterocycles. The summed E-state index contributed by atoms with van der Waals surface area (Å²) in [5.74, 6) is 0.660. The van der Waals surface area contributed by atoms with E-state index in [1.165, 1.54) is 17.5 Å². The van der Waals surface area contributed by atoms with Crippen LogP contribution in [0, 0.1) is 0 Å². The highest BCUT2D eigenvalue weighted by atomic mass is 32.2. The van der Waals surface area contributed by atoms with Crippen LogP contribution in [0.3, 0.4) is 0 Å². The SMILES string of the molecule is CCc1ncc(S(=O)(=O)N(C)C(C)CN)[nH]1. The van der Waals surface area contributed by atoms with E-state index in [4.69, 9.17) is 5.73 Å². The first kappa shape index (κ1) is 13.1. The number of aromatic nitrogens is 2. The van der Waals surface area contributed by atoms with Gasteiger partial charge in [-0.2, -0.15) is 4.31 Å². The number of sulfonamides is 1. The molecule has 0 saturated heterocycles. The smallest absolute Gasteiger partial charge is 0.260 e. The fraction of sp³-hybridized carbons (Fsp3) is 0.667. The van der Waals surface area contributed by atoms with E-state index < -0.39 is 10.0 Å². The second-order valence-electron chi connectivity index (χ2n) is 3.65. The van der Waals surface area contributed by atoms with Gasteiger partial charge >= 0.3 is 0 Å². The first-order valence-electron chi connectivity index (χ1n) is 5.15. The molecule has 7 heteroatoms. The lowest BCUT2D eigenvalue weighted by atomic mass is 10.4. The van der Waals surface area contributed by atoms with Crippen LogP contribution in [0.1, 0.15) is 19.7 Å². The molecule has 0 aliphatic heterocycles. The molecular weight excluding hydrogens is 228 g/mol. The molecule has 0 aromatic carbocycles. The summed E-state index contributed by atoms with van der Waals surface area (Å²) in [5.41, 5.74) is 5.45. The predicted molar refractivity (Wildman–Crippen MR) is 61.4 cm³/mol. The molecule has 0 aliphatic rings. The van der Waals surface area contributed by atoms with Crippen molar-refractivity contribution >= 4 is 10.0 Å². The van der Waals surface area contributed by atoms with Crippen LogP contribution in [0.5, 0.6) is 0 Å². The zero-order chi connectivity index (χ0) is 12.3. The Hall–Kier alpha value is -0.920. The van der Waals surface area contributed by atoms with Gasteiger partial charge in [-0.1, -0.05) is 6.92 Å². The third-order valence-corrected chi connectivity index (χ3v) is 4.44. The van der Waals surface area contributed by atoms with Crippen LogP contribution >= 0.6 is 0 Å². The van der Waals surface area contributed by atoms with Gasteiger partial charge in [0.1, 0.15) is 5.82 Å². The van der Waals surface area contributed by atoms with Crippen LogP contribution in [0.2, 0.25) is 0 Å². The Kier molecular flexibility index (Phi) is 4.06. The molecule has 1 unspecified atom stereocenters. The number of aromatic amines is 1. The van der Waals surface area contributed by atoms with E-state index in [0.29, 0.717) is 12.2 Å². The lowest BCUT2D eigenvalue weighted by Crippen LogP contribution is -2.39. The average molecular weight is 246 g/mol. The van der Waals surface area contributed by atoms with E-state index in [1.54, 1.807) is 6.92 Å². The van der Waals surface area contributed by atoms with Gasteiger partial charge in [-0.05, 0) is 6.92 Å². The van der Waals surface area contributed by atoms with Crippen LogP contribution in [0.15, 0.2) is 11.2 Å². The number of nitrogens with zero attached hydrogens (tertiary/aromatic N) is 2. The maximum absolute atomic E-state index is 12.1. The molecule has 3 N–H and O–H groups in total. The van der Waals surface area contributed by atoms with Crippen molar-refractivity contribution in [3.8, 4) is 0 Å². The number of hydrogen-bond donors (Lipinski definition) is 2. The molecule has 1 rings (SSSR count). The highest BCUT2D eigenvalue weighted by Gasteiger charge is 2.26. The third kappa shape index (κ3) is 2.42. The van der Waals surface area contributed by atoms with E-state index in [-0.39, 0.29) is 17.6 Å². The molecule has 0 spiro atoms. The molecule has 0 radical (unpaired) electrons. The Morgan fingerprint density at radius 1 is 1.62 bits per heavy atom. The Labute approximate surface area is 95.9 Å². The number of rotatable bonds is 5. The molecule has 0 aliphatic carbocycles. The van der Waals surface area contributed by atoms with Gasteiger partial charge in [0.15, 0.2) is 5.03 Å². The summed E-state index contributed by atoms with van der Waals surface area (Å²) in [7, 11) is -1.99. The summed E-state index contributed by atoms with van der Waals surface area (Å²) in [6.45, 7) is 3.95. The van der Waals surface area contributed by atoms with Gasteiger partial charge in [0.2, 0.25) is 0 Å². The molecule has 0 saturated carbocycles. The first-order chi connectivity index (χ1) is 7.43. The Bertz CT molecular complexity index is 440. The van der Waals surface area contributed by atoms with Gasteiger partial charge in [-0.25, -0.2) is 13.4 Å². The fourth-order valence-corrected chi connectivity index (χ4v) is 2.50. The van der Waals surface area contributed by atoms with Crippen molar-refractivity contribution in [1.29, 1.82) is 0 Å². The number of likely N-dealkylation sites (N-methyl/N-ethyl adjacent to an activating group) is 1. The number of nitrogens with one attached hydrogen (secondary N) is 1. The zero-order valence-electron chi connectivity index (χ0n) is 9.77. The van der Waals surface area contributed by atoms with Crippen molar-refractivity contribution in [2.75, 3.05) is 13.6 Å². The van der Waals surface area contributed by atoms with Crippen LogP contribution < -0.4 is 5.73 Å². The van der Waals surface area contributed by atoms with Crippen molar-refractivity contribution in [1.82, 2.24) is 14.3 Å². The summed E-state index contributed by atoms with van der Waals surface area (Å²) < 4.78 is 25.4. The van der Waals surface area contributed by atoms with Crippen molar-refractivity contribution in [3.05, 3.63) is 12.0 Å².